The zero-order valence-electron chi connectivity index (χ0n) is 14.2. The number of rotatable bonds is 4. The summed E-state index contributed by atoms with van der Waals surface area (Å²) >= 11 is 1.75. The summed E-state index contributed by atoms with van der Waals surface area (Å²) in [6.07, 6.45) is 0. The van der Waals surface area contributed by atoms with Crippen molar-refractivity contribution < 1.29 is 9.72 Å². The van der Waals surface area contributed by atoms with Crippen molar-refractivity contribution in [2.75, 3.05) is 12.3 Å². The Hall–Kier alpha value is -2.34. The van der Waals surface area contributed by atoms with Crippen LogP contribution >= 0.6 is 11.8 Å². The predicted molar refractivity (Wildman–Crippen MR) is 99.9 cm³/mol. The Morgan fingerprint density at radius 1 is 1.16 bits per heavy atom. The van der Waals surface area contributed by atoms with Crippen molar-refractivity contribution in [1.29, 1.82) is 0 Å². The predicted octanol–water partition coefficient (Wildman–Crippen LogP) is 4.61. The molecule has 0 radical (unpaired) electrons. The highest BCUT2D eigenvalue weighted by molar-refractivity contribution is 7.99. The van der Waals surface area contributed by atoms with E-state index in [2.05, 4.69) is 38.1 Å². The maximum absolute atomic E-state index is 12.8. The van der Waals surface area contributed by atoms with Crippen LogP contribution in [0.3, 0.4) is 0 Å². The maximum atomic E-state index is 12.8. The summed E-state index contributed by atoms with van der Waals surface area (Å²) in [7, 11) is 0. The SMILES string of the molecule is CC(C)c1ccc([C@@H]2SCCN2C(=O)c2ccc([N+](=O)[O-])cc2)cc1. The molecule has 25 heavy (non-hydrogen) atoms. The quantitative estimate of drug-likeness (QED) is 0.593. The fourth-order valence-corrected chi connectivity index (χ4v) is 4.15. The summed E-state index contributed by atoms with van der Waals surface area (Å²) in [6, 6.07) is 14.2. The molecular weight excluding hydrogens is 336 g/mol. The molecular formula is C19H20N2O3S. The second kappa shape index (κ2) is 7.27. The van der Waals surface area contributed by atoms with Gasteiger partial charge in [-0.15, -0.1) is 11.8 Å². The van der Waals surface area contributed by atoms with Crippen LogP contribution in [0.25, 0.3) is 0 Å². The van der Waals surface area contributed by atoms with E-state index in [1.165, 1.54) is 29.8 Å². The molecule has 1 heterocycles. The lowest BCUT2D eigenvalue weighted by molar-refractivity contribution is -0.384. The minimum absolute atomic E-state index is 0.00632. The number of non-ortho nitro benzene ring substituents is 1. The van der Waals surface area contributed by atoms with Crippen LogP contribution in [0.15, 0.2) is 48.5 Å². The van der Waals surface area contributed by atoms with Gasteiger partial charge in [0.25, 0.3) is 11.6 Å². The molecule has 3 rings (SSSR count). The third kappa shape index (κ3) is 3.69. The zero-order valence-corrected chi connectivity index (χ0v) is 15.0. The van der Waals surface area contributed by atoms with Gasteiger partial charge in [0.05, 0.1) is 4.92 Å². The Morgan fingerprint density at radius 2 is 1.80 bits per heavy atom. The van der Waals surface area contributed by atoms with Crippen LogP contribution < -0.4 is 0 Å². The monoisotopic (exact) mass is 356 g/mol. The number of amides is 1. The third-order valence-electron chi connectivity index (χ3n) is 4.37. The highest BCUT2D eigenvalue weighted by Gasteiger charge is 2.31. The lowest BCUT2D eigenvalue weighted by atomic mass is 10.0. The van der Waals surface area contributed by atoms with E-state index < -0.39 is 4.92 Å². The van der Waals surface area contributed by atoms with Crippen molar-refractivity contribution in [1.82, 2.24) is 4.90 Å². The maximum Gasteiger partial charge on any atom is 0.269 e. The lowest BCUT2D eigenvalue weighted by Crippen LogP contribution is -2.30. The Balaban J connectivity index is 1.80. The van der Waals surface area contributed by atoms with Gasteiger partial charge < -0.3 is 4.90 Å². The number of nitrogens with zero attached hydrogens (tertiary/aromatic N) is 2. The zero-order chi connectivity index (χ0) is 18.0. The first kappa shape index (κ1) is 17.5. The fraction of sp³-hybridized carbons (Fsp3) is 0.316. The molecule has 0 spiro atoms. The molecule has 2 aromatic rings. The normalized spacial score (nSPS) is 17.1. The van der Waals surface area contributed by atoms with Gasteiger partial charge in [-0.2, -0.15) is 0 Å². The van der Waals surface area contributed by atoms with Gasteiger partial charge in [0.2, 0.25) is 0 Å². The van der Waals surface area contributed by atoms with Crippen LogP contribution in [-0.2, 0) is 0 Å². The number of carbonyl (C=O) groups is 1. The van der Waals surface area contributed by atoms with Crippen LogP contribution in [0, 0.1) is 10.1 Å². The Morgan fingerprint density at radius 3 is 2.36 bits per heavy atom. The molecule has 0 aliphatic carbocycles. The standard InChI is InChI=1S/C19H20N2O3S/c1-13(2)14-3-5-16(6-4-14)19-20(11-12-25-19)18(22)15-7-9-17(10-8-15)21(23)24/h3-10,13,19H,11-12H2,1-2H3/t19-/m0/s1. The largest absolute Gasteiger partial charge is 0.322 e. The van der Waals surface area contributed by atoms with Crippen molar-refractivity contribution in [3.63, 3.8) is 0 Å². The van der Waals surface area contributed by atoms with E-state index in [-0.39, 0.29) is 17.0 Å². The minimum atomic E-state index is -0.459. The molecule has 0 bridgehead atoms. The van der Waals surface area contributed by atoms with E-state index in [4.69, 9.17) is 0 Å². The van der Waals surface area contributed by atoms with Crippen molar-refractivity contribution in [3.8, 4) is 0 Å². The summed E-state index contributed by atoms with van der Waals surface area (Å²) in [5, 5.41) is 10.7. The fourth-order valence-electron chi connectivity index (χ4n) is 2.89. The van der Waals surface area contributed by atoms with Gasteiger partial charge in [-0.3, -0.25) is 14.9 Å². The average Bonchev–Trinajstić information content (AvgIpc) is 3.11. The number of carbonyl (C=O) groups excluding carboxylic acids is 1. The van der Waals surface area contributed by atoms with E-state index in [1.807, 2.05) is 4.90 Å². The first-order valence-corrected chi connectivity index (χ1v) is 9.29. The van der Waals surface area contributed by atoms with E-state index in [1.54, 1.807) is 11.8 Å². The van der Waals surface area contributed by atoms with E-state index >= 15 is 0 Å². The van der Waals surface area contributed by atoms with Crippen LogP contribution in [0.4, 0.5) is 5.69 Å². The molecule has 1 atom stereocenters. The van der Waals surface area contributed by atoms with Crippen molar-refractivity contribution >= 4 is 23.4 Å². The van der Waals surface area contributed by atoms with E-state index in [0.717, 1.165) is 11.3 Å². The van der Waals surface area contributed by atoms with Gasteiger partial charge in [-0.05, 0) is 29.2 Å². The molecule has 130 valence electrons. The van der Waals surface area contributed by atoms with E-state index in [0.29, 0.717) is 18.0 Å². The molecule has 0 aromatic heterocycles. The number of thioether (sulfide) groups is 1. The first-order chi connectivity index (χ1) is 12.0. The van der Waals surface area contributed by atoms with Crippen molar-refractivity contribution in [2.24, 2.45) is 0 Å². The van der Waals surface area contributed by atoms with Gasteiger partial charge >= 0.3 is 0 Å². The van der Waals surface area contributed by atoms with Gasteiger partial charge in [-0.1, -0.05) is 38.1 Å². The topological polar surface area (TPSA) is 63.5 Å². The van der Waals surface area contributed by atoms with E-state index in [9.17, 15) is 14.9 Å². The summed E-state index contributed by atoms with van der Waals surface area (Å²) in [5.74, 6) is 1.27. The molecule has 5 nitrogen and oxygen atoms in total. The summed E-state index contributed by atoms with van der Waals surface area (Å²) in [5.41, 5.74) is 2.87. The molecule has 1 fully saturated rings. The number of nitro benzene ring substituents is 1. The number of nitro groups is 1. The molecule has 1 aliphatic rings. The van der Waals surface area contributed by atoms with Gasteiger partial charge in [-0.25, -0.2) is 0 Å². The molecule has 1 amide bonds. The summed E-state index contributed by atoms with van der Waals surface area (Å²) in [4.78, 5) is 25.0. The highest BCUT2D eigenvalue weighted by atomic mass is 32.2. The molecule has 0 N–H and O–H groups in total. The van der Waals surface area contributed by atoms with Crippen LogP contribution in [0.2, 0.25) is 0 Å². The minimum Gasteiger partial charge on any atom is -0.322 e. The Labute approximate surface area is 151 Å². The van der Waals surface area contributed by atoms with Gasteiger partial charge in [0.15, 0.2) is 0 Å². The molecule has 6 heteroatoms. The van der Waals surface area contributed by atoms with Gasteiger partial charge in [0, 0.05) is 30.0 Å². The van der Waals surface area contributed by atoms with Crippen LogP contribution in [-0.4, -0.2) is 28.0 Å². The second-order valence-corrected chi connectivity index (χ2v) is 7.54. The number of hydrogen-bond donors (Lipinski definition) is 0. The lowest BCUT2D eigenvalue weighted by Gasteiger charge is -2.24. The summed E-state index contributed by atoms with van der Waals surface area (Å²) < 4.78 is 0. The molecule has 1 saturated heterocycles. The highest BCUT2D eigenvalue weighted by Crippen LogP contribution is 2.39. The van der Waals surface area contributed by atoms with Gasteiger partial charge in [0.1, 0.15) is 5.37 Å². The summed E-state index contributed by atoms with van der Waals surface area (Å²) in [6.45, 7) is 4.99. The number of hydrogen-bond acceptors (Lipinski definition) is 4. The smallest absolute Gasteiger partial charge is 0.269 e. The van der Waals surface area contributed by atoms with Crippen molar-refractivity contribution in [2.45, 2.75) is 25.1 Å². The van der Waals surface area contributed by atoms with Crippen molar-refractivity contribution in [3.05, 3.63) is 75.3 Å². The Kier molecular flexibility index (Phi) is 5.08. The Bertz CT molecular complexity index is 772. The second-order valence-electron chi connectivity index (χ2n) is 6.35. The molecule has 0 saturated carbocycles. The third-order valence-corrected chi connectivity index (χ3v) is 5.63. The molecule has 1 aliphatic heterocycles. The van der Waals surface area contributed by atoms with Crippen LogP contribution in [0.5, 0.6) is 0 Å². The average molecular weight is 356 g/mol. The molecule has 2 aromatic carbocycles. The number of benzene rings is 2. The molecule has 0 unspecified atom stereocenters. The first-order valence-electron chi connectivity index (χ1n) is 8.24. The van der Waals surface area contributed by atoms with Crippen LogP contribution in [0.1, 0.15) is 46.6 Å².